The van der Waals surface area contributed by atoms with Crippen LogP contribution in [0.3, 0.4) is 0 Å². The van der Waals surface area contributed by atoms with Crippen molar-refractivity contribution in [3.8, 4) is 5.75 Å². The van der Waals surface area contributed by atoms with Crippen LogP contribution >= 0.6 is 0 Å². The summed E-state index contributed by atoms with van der Waals surface area (Å²) < 4.78 is 5.67. The highest BCUT2D eigenvalue weighted by molar-refractivity contribution is 5.90. The molecule has 0 atom stereocenters. The molecule has 1 aliphatic heterocycles. The third-order valence-corrected chi connectivity index (χ3v) is 3.45. The first-order chi connectivity index (χ1) is 10.3. The fourth-order valence-corrected chi connectivity index (χ4v) is 2.38. The number of fused-ring (bicyclic) bond motifs is 1. The van der Waals surface area contributed by atoms with Crippen molar-refractivity contribution in [1.82, 2.24) is 20.1 Å². The Bertz CT molecular complexity index is 638. The standard InChI is InChI=1S/C15H18N4O2/c1-2-5-13-16-14(18-17-13)15(20)19-8-9-21-12-7-4-3-6-11(12)10-19/h3-4,6-7H,2,5,8-10H2,1H3,(H,16,17,18). The van der Waals surface area contributed by atoms with Crippen LogP contribution in [0.5, 0.6) is 5.75 Å². The van der Waals surface area contributed by atoms with Gasteiger partial charge in [-0.15, -0.1) is 5.10 Å². The van der Waals surface area contributed by atoms with E-state index in [1.807, 2.05) is 24.3 Å². The Morgan fingerprint density at radius 3 is 3.14 bits per heavy atom. The van der Waals surface area contributed by atoms with Crippen molar-refractivity contribution in [2.75, 3.05) is 13.2 Å². The first-order valence-corrected chi connectivity index (χ1v) is 7.19. The summed E-state index contributed by atoms with van der Waals surface area (Å²) in [5.41, 5.74) is 1.01. The maximum atomic E-state index is 12.5. The third kappa shape index (κ3) is 2.89. The van der Waals surface area contributed by atoms with Crippen molar-refractivity contribution in [2.45, 2.75) is 26.3 Å². The van der Waals surface area contributed by atoms with Crippen LogP contribution in [-0.2, 0) is 13.0 Å². The quantitative estimate of drug-likeness (QED) is 0.934. The number of aromatic nitrogens is 3. The van der Waals surface area contributed by atoms with Crippen molar-refractivity contribution in [1.29, 1.82) is 0 Å². The molecular weight excluding hydrogens is 268 g/mol. The molecule has 1 N–H and O–H groups in total. The van der Waals surface area contributed by atoms with Crippen LogP contribution in [0, 0.1) is 0 Å². The van der Waals surface area contributed by atoms with Gasteiger partial charge in [-0.05, 0) is 12.5 Å². The van der Waals surface area contributed by atoms with Gasteiger partial charge in [-0.3, -0.25) is 9.89 Å². The van der Waals surface area contributed by atoms with Gasteiger partial charge in [0, 0.05) is 18.5 Å². The van der Waals surface area contributed by atoms with Crippen LogP contribution < -0.4 is 4.74 Å². The molecule has 0 unspecified atom stereocenters. The zero-order chi connectivity index (χ0) is 14.7. The number of ether oxygens (including phenoxy) is 1. The number of benzene rings is 1. The molecular formula is C15H18N4O2. The van der Waals surface area contributed by atoms with E-state index in [-0.39, 0.29) is 11.7 Å². The predicted molar refractivity (Wildman–Crippen MR) is 77.1 cm³/mol. The fourth-order valence-electron chi connectivity index (χ4n) is 2.38. The van der Waals surface area contributed by atoms with Gasteiger partial charge >= 0.3 is 0 Å². The van der Waals surface area contributed by atoms with E-state index in [0.717, 1.165) is 30.0 Å². The molecule has 0 bridgehead atoms. The molecule has 1 aliphatic rings. The van der Waals surface area contributed by atoms with E-state index in [1.54, 1.807) is 4.90 Å². The van der Waals surface area contributed by atoms with Crippen molar-refractivity contribution in [3.63, 3.8) is 0 Å². The molecule has 2 aromatic rings. The minimum absolute atomic E-state index is 0.158. The zero-order valence-electron chi connectivity index (χ0n) is 12.0. The number of carbonyl (C=O) groups excluding carboxylic acids is 1. The van der Waals surface area contributed by atoms with E-state index < -0.39 is 0 Å². The van der Waals surface area contributed by atoms with Gasteiger partial charge in [-0.25, -0.2) is 4.98 Å². The second-order valence-electron chi connectivity index (χ2n) is 5.04. The summed E-state index contributed by atoms with van der Waals surface area (Å²) in [7, 11) is 0. The molecule has 21 heavy (non-hydrogen) atoms. The molecule has 0 aliphatic carbocycles. The van der Waals surface area contributed by atoms with Crippen LogP contribution in [0.15, 0.2) is 24.3 Å². The van der Waals surface area contributed by atoms with E-state index in [4.69, 9.17) is 4.74 Å². The number of hydrogen-bond donors (Lipinski definition) is 1. The van der Waals surface area contributed by atoms with Gasteiger partial charge in [0.25, 0.3) is 5.91 Å². The number of aryl methyl sites for hydroxylation is 1. The molecule has 1 amide bonds. The highest BCUT2D eigenvalue weighted by atomic mass is 16.5. The number of carbonyl (C=O) groups is 1. The third-order valence-electron chi connectivity index (χ3n) is 3.45. The molecule has 110 valence electrons. The normalized spacial score (nSPS) is 14.2. The number of hydrogen-bond acceptors (Lipinski definition) is 4. The van der Waals surface area contributed by atoms with Gasteiger partial charge in [0.15, 0.2) is 0 Å². The topological polar surface area (TPSA) is 71.1 Å². The molecule has 3 rings (SSSR count). The van der Waals surface area contributed by atoms with Gasteiger partial charge in [-0.2, -0.15) is 0 Å². The summed E-state index contributed by atoms with van der Waals surface area (Å²) >= 11 is 0. The van der Waals surface area contributed by atoms with Gasteiger partial charge in [0.1, 0.15) is 18.2 Å². The summed E-state index contributed by atoms with van der Waals surface area (Å²) in [6, 6.07) is 7.78. The van der Waals surface area contributed by atoms with Gasteiger partial charge < -0.3 is 9.64 Å². The SMILES string of the molecule is CCCc1nc(C(=O)N2CCOc3ccccc3C2)n[nH]1. The predicted octanol–water partition coefficient (Wildman–Crippen LogP) is 1.79. The molecule has 6 heteroatoms. The van der Waals surface area contributed by atoms with Gasteiger partial charge in [0.05, 0.1) is 6.54 Å². The Morgan fingerprint density at radius 2 is 2.29 bits per heavy atom. The van der Waals surface area contributed by atoms with Crippen molar-refractivity contribution < 1.29 is 9.53 Å². The Hall–Kier alpha value is -2.37. The molecule has 2 heterocycles. The first-order valence-electron chi connectivity index (χ1n) is 7.19. The van der Waals surface area contributed by atoms with Crippen molar-refractivity contribution >= 4 is 5.91 Å². The monoisotopic (exact) mass is 286 g/mol. The van der Waals surface area contributed by atoms with Crippen molar-refractivity contribution in [2.24, 2.45) is 0 Å². The van der Waals surface area contributed by atoms with E-state index in [9.17, 15) is 4.79 Å². The Balaban J connectivity index is 1.78. The van der Waals surface area contributed by atoms with Crippen LogP contribution in [0.25, 0.3) is 0 Å². The highest BCUT2D eigenvalue weighted by Crippen LogP contribution is 2.22. The molecule has 0 fully saturated rings. The molecule has 1 aromatic carbocycles. The lowest BCUT2D eigenvalue weighted by Crippen LogP contribution is -2.33. The maximum absolute atomic E-state index is 12.5. The Labute approximate surface area is 123 Å². The van der Waals surface area contributed by atoms with Crippen LogP contribution in [-0.4, -0.2) is 39.1 Å². The number of nitrogens with zero attached hydrogens (tertiary/aromatic N) is 3. The molecule has 0 saturated carbocycles. The number of para-hydroxylation sites is 1. The number of aromatic amines is 1. The van der Waals surface area contributed by atoms with E-state index in [1.165, 1.54) is 0 Å². The summed E-state index contributed by atoms with van der Waals surface area (Å²) in [5.74, 6) is 1.67. The smallest absolute Gasteiger partial charge is 0.293 e. The van der Waals surface area contributed by atoms with Crippen LogP contribution in [0.1, 0.15) is 35.4 Å². The second kappa shape index (κ2) is 5.95. The Morgan fingerprint density at radius 1 is 1.43 bits per heavy atom. The summed E-state index contributed by atoms with van der Waals surface area (Å²) in [5, 5.41) is 6.85. The minimum Gasteiger partial charge on any atom is -0.491 e. The van der Waals surface area contributed by atoms with Crippen LogP contribution in [0.4, 0.5) is 0 Å². The fraction of sp³-hybridized carbons (Fsp3) is 0.400. The van der Waals surface area contributed by atoms with Gasteiger partial charge in [-0.1, -0.05) is 25.1 Å². The summed E-state index contributed by atoms with van der Waals surface area (Å²) in [6.07, 6.45) is 1.76. The van der Waals surface area contributed by atoms with Gasteiger partial charge in [0.2, 0.25) is 5.82 Å². The van der Waals surface area contributed by atoms with Crippen LogP contribution in [0.2, 0.25) is 0 Å². The first kappa shape index (κ1) is 13.6. The zero-order valence-corrected chi connectivity index (χ0v) is 12.0. The molecule has 6 nitrogen and oxygen atoms in total. The van der Waals surface area contributed by atoms with Crippen molar-refractivity contribution in [3.05, 3.63) is 41.5 Å². The average molecular weight is 286 g/mol. The molecule has 0 saturated heterocycles. The lowest BCUT2D eigenvalue weighted by atomic mass is 10.2. The number of amides is 1. The summed E-state index contributed by atoms with van der Waals surface area (Å²) in [6.45, 7) is 3.60. The van der Waals surface area contributed by atoms with E-state index in [2.05, 4.69) is 22.1 Å². The highest BCUT2D eigenvalue weighted by Gasteiger charge is 2.23. The lowest BCUT2D eigenvalue weighted by Gasteiger charge is -2.17. The number of H-pyrrole nitrogens is 1. The van der Waals surface area contributed by atoms with E-state index >= 15 is 0 Å². The molecule has 1 aromatic heterocycles. The number of rotatable bonds is 3. The summed E-state index contributed by atoms with van der Waals surface area (Å²) in [4.78, 5) is 18.5. The number of nitrogens with one attached hydrogen (secondary N) is 1. The molecule has 0 radical (unpaired) electrons. The minimum atomic E-state index is -0.158. The second-order valence-corrected chi connectivity index (χ2v) is 5.04. The largest absolute Gasteiger partial charge is 0.491 e. The Kier molecular flexibility index (Phi) is 3.85. The molecule has 0 spiro atoms. The van der Waals surface area contributed by atoms with E-state index in [0.29, 0.717) is 19.7 Å². The lowest BCUT2D eigenvalue weighted by molar-refractivity contribution is 0.0721. The maximum Gasteiger partial charge on any atom is 0.293 e. The average Bonchev–Trinajstić information content (AvgIpc) is 2.85.